The molecule has 0 aliphatic heterocycles. The average molecular weight is 215 g/mol. The number of hydrogen-bond donors (Lipinski definition) is 2. The predicted molar refractivity (Wildman–Crippen MR) is 64.8 cm³/mol. The second kappa shape index (κ2) is 5.49. The lowest BCUT2D eigenvalue weighted by atomic mass is 10.3. The summed E-state index contributed by atoms with van der Waals surface area (Å²) >= 11 is 1.95. The Morgan fingerprint density at radius 1 is 1.50 bits per heavy atom. The molecular weight excluding hydrogens is 194 g/mol. The van der Waals surface area contributed by atoms with Crippen LogP contribution in [0.2, 0.25) is 0 Å². The van der Waals surface area contributed by atoms with Gasteiger partial charge in [-0.3, -0.25) is 4.99 Å². The molecule has 0 heterocycles. The molecule has 0 radical (unpaired) electrons. The number of hydrogen-bond acceptors (Lipinski definition) is 2. The van der Waals surface area contributed by atoms with Crippen molar-refractivity contribution < 1.29 is 0 Å². The van der Waals surface area contributed by atoms with E-state index < -0.39 is 0 Å². The van der Waals surface area contributed by atoms with Gasteiger partial charge in [0.2, 0.25) is 0 Å². The lowest BCUT2D eigenvalue weighted by Gasteiger charge is -2.11. The summed E-state index contributed by atoms with van der Waals surface area (Å²) in [5, 5.41) is 3.91. The molecule has 82 valence electrons. The highest BCUT2D eigenvalue weighted by atomic mass is 32.2. The smallest absolute Gasteiger partial charge is 0.189 e. The van der Waals surface area contributed by atoms with Crippen molar-refractivity contribution in [3.8, 4) is 0 Å². The van der Waals surface area contributed by atoms with E-state index in [1.54, 1.807) is 0 Å². The SMILES string of the molecule is CSC1CCC(N=C(N)NC(C)C)C1. The summed E-state index contributed by atoms with van der Waals surface area (Å²) in [4.78, 5) is 4.48. The van der Waals surface area contributed by atoms with Crippen molar-refractivity contribution in [2.45, 2.75) is 50.4 Å². The summed E-state index contributed by atoms with van der Waals surface area (Å²) < 4.78 is 0. The van der Waals surface area contributed by atoms with Crippen molar-refractivity contribution >= 4 is 17.7 Å². The first-order chi connectivity index (χ1) is 6.61. The Hall–Kier alpha value is -0.380. The normalized spacial score (nSPS) is 28.4. The second-order valence-corrected chi connectivity index (χ2v) is 5.28. The molecule has 1 aliphatic carbocycles. The Morgan fingerprint density at radius 3 is 2.71 bits per heavy atom. The minimum atomic E-state index is 0.372. The zero-order chi connectivity index (χ0) is 10.6. The zero-order valence-corrected chi connectivity index (χ0v) is 10.1. The molecule has 1 rings (SSSR count). The molecule has 3 nitrogen and oxygen atoms in total. The zero-order valence-electron chi connectivity index (χ0n) is 9.29. The molecule has 0 amide bonds. The van der Waals surface area contributed by atoms with Crippen LogP contribution in [-0.4, -0.2) is 29.5 Å². The molecule has 0 saturated heterocycles. The standard InChI is InChI=1S/C10H21N3S/c1-7(2)12-10(11)13-8-4-5-9(6-8)14-3/h7-9H,4-6H2,1-3H3,(H3,11,12,13). The van der Waals surface area contributed by atoms with E-state index in [1.165, 1.54) is 19.3 Å². The van der Waals surface area contributed by atoms with Gasteiger partial charge in [-0.15, -0.1) is 0 Å². The molecule has 0 aromatic carbocycles. The van der Waals surface area contributed by atoms with E-state index in [4.69, 9.17) is 5.73 Å². The number of rotatable bonds is 3. The Labute approximate surface area is 90.9 Å². The van der Waals surface area contributed by atoms with E-state index in [2.05, 4.69) is 30.4 Å². The lowest BCUT2D eigenvalue weighted by Crippen LogP contribution is -2.37. The van der Waals surface area contributed by atoms with Crippen LogP contribution in [0.15, 0.2) is 4.99 Å². The van der Waals surface area contributed by atoms with Gasteiger partial charge in [0.15, 0.2) is 5.96 Å². The molecule has 1 aliphatic rings. The Kier molecular flexibility index (Phi) is 4.58. The minimum absolute atomic E-state index is 0.372. The molecule has 1 saturated carbocycles. The first kappa shape index (κ1) is 11.7. The monoisotopic (exact) mass is 215 g/mol. The summed E-state index contributed by atoms with van der Waals surface area (Å²) in [5.74, 6) is 0.603. The first-order valence-corrected chi connectivity index (χ1v) is 6.53. The Balaban J connectivity index is 2.36. The van der Waals surface area contributed by atoms with E-state index in [0.717, 1.165) is 5.25 Å². The van der Waals surface area contributed by atoms with Gasteiger partial charge in [0.05, 0.1) is 6.04 Å². The van der Waals surface area contributed by atoms with E-state index >= 15 is 0 Å². The predicted octanol–water partition coefficient (Wildman–Crippen LogP) is 1.58. The summed E-state index contributed by atoms with van der Waals surface area (Å²) in [6.45, 7) is 4.14. The van der Waals surface area contributed by atoms with Crippen LogP contribution >= 0.6 is 11.8 Å². The number of guanidine groups is 1. The number of nitrogens with zero attached hydrogens (tertiary/aromatic N) is 1. The van der Waals surface area contributed by atoms with E-state index in [9.17, 15) is 0 Å². The van der Waals surface area contributed by atoms with Crippen LogP contribution in [-0.2, 0) is 0 Å². The Morgan fingerprint density at radius 2 is 2.21 bits per heavy atom. The fourth-order valence-electron chi connectivity index (χ4n) is 1.78. The highest BCUT2D eigenvalue weighted by Crippen LogP contribution is 2.29. The molecule has 3 N–H and O–H groups in total. The molecule has 0 aromatic rings. The first-order valence-electron chi connectivity index (χ1n) is 5.24. The minimum Gasteiger partial charge on any atom is -0.370 e. The van der Waals surface area contributed by atoms with Crippen molar-refractivity contribution in [1.82, 2.24) is 5.32 Å². The highest BCUT2D eigenvalue weighted by Gasteiger charge is 2.23. The molecule has 2 unspecified atom stereocenters. The van der Waals surface area contributed by atoms with Gasteiger partial charge in [-0.25, -0.2) is 0 Å². The highest BCUT2D eigenvalue weighted by molar-refractivity contribution is 7.99. The van der Waals surface area contributed by atoms with Crippen molar-refractivity contribution in [2.24, 2.45) is 10.7 Å². The number of nitrogens with two attached hydrogens (primary N) is 1. The third-order valence-corrected chi connectivity index (χ3v) is 3.54. The van der Waals surface area contributed by atoms with Crippen molar-refractivity contribution in [2.75, 3.05) is 6.26 Å². The van der Waals surface area contributed by atoms with Crippen molar-refractivity contribution in [1.29, 1.82) is 0 Å². The second-order valence-electron chi connectivity index (χ2n) is 4.14. The van der Waals surface area contributed by atoms with Gasteiger partial charge in [-0.05, 0) is 39.4 Å². The molecule has 2 atom stereocenters. The van der Waals surface area contributed by atoms with Crippen LogP contribution in [0.5, 0.6) is 0 Å². The molecule has 0 bridgehead atoms. The number of aliphatic imine (C=N–C) groups is 1. The van der Waals surface area contributed by atoms with E-state index in [1.807, 2.05) is 11.8 Å². The van der Waals surface area contributed by atoms with Crippen LogP contribution in [0.25, 0.3) is 0 Å². The molecule has 4 heteroatoms. The van der Waals surface area contributed by atoms with E-state index in [-0.39, 0.29) is 0 Å². The summed E-state index contributed by atoms with van der Waals surface area (Å²) in [5.41, 5.74) is 5.77. The third kappa shape index (κ3) is 3.78. The van der Waals surface area contributed by atoms with Gasteiger partial charge in [0.1, 0.15) is 0 Å². The maximum Gasteiger partial charge on any atom is 0.189 e. The van der Waals surface area contributed by atoms with Gasteiger partial charge >= 0.3 is 0 Å². The van der Waals surface area contributed by atoms with Gasteiger partial charge in [0, 0.05) is 11.3 Å². The fraction of sp³-hybridized carbons (Fsp3) is 0.900. The van der Waals surface area contributed by atoms with Crippen LogP contribution in [0.4, 0.5) is 0 Å². The molecule has 0 spiro atoms. The molecule has 1 fully saturated rings. The summed E-state index contributed by atoms with van der Waals surface area (Å²) in [6, 6.07) is 0.815. The van der Waals surface area contributed by atoms with Crippen molar-refractivity contribution in [3.63, 3.8) is 0 Å². The van der Waals surface area contributed by atoms with E-state index in [0.29, 0.717) is 18.0 Å². The summed E-state index contributed by atoms with van der Waals surface area (Å²) in [7, 11) is 0. The maximum atomic E-state index is 5.77. The summed E-state index contributed by atoms with van der Waals surface area (Å²) in [6.07, 6.45) is 5.82. The maximum absolute atomic E-state index is 5.77. The van der Waals surface area contributed by atoms with Crippen molar-refractivity contribution in [3.05, 3.63) is 0 Å². The fourth-order valence-corrected chi connectivity index (χ4v) is 2.56. The lowest BCUT2D eigenvalue weighted by molar-refractivity contribution is 0.677. The number of nitrogens with one attached hydrogen (secondary N) is 1. The van der Waals surface area contributed by atoms with Crippen LogP contribution in [0.1, 0.15) is 33.1 Å². The topological polar surface area (TPSA) is 50.4 Å². The quantitative estimate of drug-likeness (QED) is 0.555. The van der Waals surface area contributed by atoms with Gasteiger partial charge in [0.25, 0.3) is 0 Å². The molecule has 14 heavy (non-hydrogen) atoms. The Bertz CT molecular complexity index is 204. The van der Waals surface area contributed by atoms with Crippen LogP contribution in [0.3, 0.4) is 0 Å². The van der Waals surface area contributed by atoms with Gasteiger partial charge < -0.3 is 11.1 Å². The van der Waals surface area contributed by atoms with Gasteiger partial charge in [-0.1, -0.05) is 0 Å². The molecule has 0 aromatic heterocycles. The largest absolute Gasteiger partial charge is 0.370 e. The third-order valence-electron chi connectivity index (χ3n) is 2.45. The molecular formula is C10H21N3S. The van der Waals surface area contributed by atoms with Crippen LogP contribution < -0.4 is 11.1 Å². The van der Waals surface area contributed by atoms with Crippen LogP contribution in [0, 0.1) is 0 Å². The number of thioether (sulfide) groups is 1. The average Bonchev–Trinajstić information content (AvgIpc) is 2.50. The van der Waals surface area contributed by atoms with Gasteiger partial charge in [-0.2, -0.15) is 11.8 Å².